The van der Waals surface area contributed by atoms with Crippen LogP contribution in [0.3, 0.4) is 0 Å². The molecule has 1 unspecified atom stereocenters. The maximum absolute atomic E-state index is 5.53. The smallest absolute Gasteiger partial charge is 0.180 e. The third kappa shape index (κ3) is 1.06. The molecule has 5 heteroatoms. The number of nitrogens with zero attached hydrogens (tertiary/aromatic N) is 1. The van der Waals surface area contributed by atoms with Gasteiger partial charge >= 0.3 is 0 Å². The largest absolute Gasteiger partial charge is 0.466 e. The summed E-state index contributed by atoms with van der Waals surface area (Å²) in [5.74, 6) is 0.830. The molecular weight excluding hydrogens is 174 g/mol. The second-order valence-electron chi connectivity index (χ2n) is 2.67. The number of hydrogen-bond donors (Lipinski definition) is 2. The van der Waals surface area contributed by atoms with Crippen LogP contribution in [0, 0.1) is 0 Å². The number of hydrazone groups is 1. The topological polar surface area (TPSA) is 63.5 Å². The van der Waals surface area contributed by atoms with Gasteiger partial charge in [0.05, 0.1) is 6.26 Å². The summed E-state index contributed by atoms with van der Waals surface area (Å²) in [5, 5.41) is 4.43. The Hall–Kier alpha value is -1.10. The summed E-state index contributed by atoms with van der Waals surface area (Å²) in [6, 6.07) is 3.74. The normalized spacial score (nSPS) is 28.2. The molecule has 0 spiro atoms. The second-order valence-corrected chi connectivity index (χ2v) is 4.11. The molecule has 0 saturated carbocycles. The number of thioether (sulfide) groups is 1. The van der Waals surface area contributed by atoms with E-state index in [9.17, 15) is 0 Å². The van der Waals surface area contributed by atoms with Gasteiger partial charge in [-0.2, -0.15) is 5.10 Å². The molecule has 0 bridgehead atoms. The summed E-state index contributed by atoms with van der Waals surface area (Å²) in [4.78, 5) is -0.340. The van der Waals surface area contributed by atoms with E-state index in [1.807, 2.05) is 19.1 Å². The molecule has 1 aromatic rings. The van der Waals surface area contributed by atoms with E-state index in [-0.39, 0.29) is 4.87 Å². The fourth-order valence-corrected chi connectivity index (χ4v) is 1.89. The van der Waals surface area contributed by atoms with Crippen molar-refractivity contribution in [2.24, 2.45) is 10.8 Å². The molecule has 3 N–H and O–H groups in total. The Labute approximate surface area is 74.2 Å². The first-order valence-electron chi connectivity index (χ1n) is 3.54. The first-order valence-corrected chi connectivity index (χ1v) is 4.36. The van der Waals surface area contributed by atoms with Crippen LogP contribution in [0.25, 0.3) is 0 Å². The number of amidine groups is 1. The van der Waals surface area contributed by atoms with Crippen molar-refractivity contribution in [3.8, 4) is 0 Å². The molecule has 4 nitrogen and oxygen atoms in total. The van der Waals surface area contributed by atoms with Gasteiger partial charge in [0, 0.05) is 0 Å². The van der Waals surface area contributed by atoms with Crippen molar-refractivity contribution < 1.29 is 4.42 Å². The lowest BCUT2D eigenvalue weighted by atomic mass is 10.2. The summed E-state index contributed by atoms with van der Waals surface area (Å²) in [7, 11) is 0. The first-order chi connectivity index (χ1) is 5.71. The van der Waals surface area contributed by atoms with Gasteiger partial charge in [-0.05, 0) is 30.8 Å². The highest BCUT2D eigenvalue weighted by Gasteiger charge is 2.35. The fraction of sp³-hybridized carbons (Fsp3) is 0.286. The van der Waals surface area contributed by atoms with Crippen LogP contribution in [-0.2, 0) is 4.87 Å². The lowest BCUT2D eigenvalue weighted by molar-refractivity contribution is 0.414. The van der Waals surface area contributed by atoms with Crippen LogP contribution in [0.5, 0.6) is 0 Å². The molecule has 12 heavy (non-hydrogen) atoms. The van der Waals surface area contributed by atoms with Crippen LogP contribution in [0.2, 0.25) is 0 Å². The Kier molecular flexibility index (Phi) is 1.54. The van der Waals surface area contributed by atoms with Crippen LogP contribution >= 0.6 is 11.8 Å². The third-order valence-electron chi connectivity index (χ3n) is 1.68. The van der Waals surface area contributed by atoms with Gasteiger partial charge in [0.25, 0.3) is 0 Å². The van der Waals surface area contributed by atoms with Crippen molar-refractivity contribution in [2.75, 3.05) is 0 Å². The molecule has 1 aliphatic rings. The number of hydrogen-bond acceptors (Lipinski definition) is 5. The monoisotopic (exact) mass is 183 g/mol. The molecule has 1 aromatic heterocycles. The van der Waals surface area contributed by atoms with Gasteiger partial charge in [-0.15, -0.1) is 0 Å². The van der Waals surface area contributed by atoms with Crippen molar-refractivity contribution in [1.29, 1.82) is 0 Å². The van der Waals surface area contributed by atoms with E-state index < -0.39 is 0 Å². The van der Waals surface area contributed by atoms with Crippen molar-refractivity contribution >= 4 is 16.9 Å². The summed E-state index contributed by atoms with van der Waals surface area (Å²) in [6.45, 7) is 1.97. The molecule has 64 valence electrons. The van der Waals surface area contributed by atoms with Crippen molar-refractivity contribution in [3.63, 3.8) is 0 Å². The summed E-state index contributed by atoms with van der Waals surface area (Å²) in [5.41, 5.74) is 8.44. The quantitative estimate of drug-likeness (QED) is 0.682. The predicted molar refractivity (Wildman–Crippen MR) is 48.4 cm³/mol. The van der Waals surface area contributed by atoms with Crippen molar-refractivity contribution in [2.45, 2.75) is 11.8 Å². The van der Waals surface area contributed by atoms with E-state index in [2.05, 4.69) is 10.5 Å². The van der Waals surface area contributed by atoms with Crippen LogP contribution in [0.15, 0.2) is 27.9 Å². The second kappa shape index (κ2) is 2.45. The van der Waals surface area contributed by atoms with Crippen molar-refractivity contribution in [3.05, 3.63) is 24.2 Å². The standard InChI is InChI=1S/C7H9N3OS/c1-7(5-3-2-4-11-5)10-9-6(8)12-7/h2-4,10H,1H3,(H2,8,9). The highest BCUT2D eigenvalue weighted by molar-refractivity contribution is 8.14. The molecule has 0 aromatic carbocycles. The van der Waals surface area contributed by atoms with E-state index in [4.69, 9.17) is 10.2 Å². The van der Waals surface area contributed by atoms with Crippen molar-refractivity contribution in [1.82, 2.24) is 5.43 Å². The molecular formula is C7H9N3OS. The Morgan fingerprint density at radius 1 is 1.75 bits per heavy atom. The zero-order valence-electron chi connectivity index (χ0n) is 6.57. The Bertz CT molecular complexity index is 308. The average molecular weight is 183 g/mol. The maximum atomic E-state index is 5.53. The number of rotatable bonds is 1. The Balaban J connectivity index is 2.26. The lowest BCUT2D eigenvalue weighted by Gasteiger charge is -2.18. The molecule has 1 aliphatic heterocycles. The highest BCUT2D eigenvalue weighted by atomic mass is 32.2. The summed E-state index contributed by atoms with van der Waals surface area (Å²) >= 11 is 1.45. The molecule has 0 fully saturated rings. The SMILES string of the molecule is CC1(c2ccco2)NN=C(N)S1. The minimum Gasteiger partial charge on any atom is -0.466 e. The van der Waals surface area contributed by atoms with E-state index in [0.29, 0.717) is 5.17 Å². The highest BCUT2D eigenvalue weighted by Crippen LogP contribution is 2.36. The summed E-state index contributed by atoms with van der Waals surface area (Å²) < 4.78 is 5.26. The minimum atomic E-state index is -0.340. The van der Waals surface area contributed by atoms with Crippen LogP contribution in [0.4, 0.5) is 0 Å². The lowest BCUT2D eigenvalue weighted by Crippen LogP contribution is -2.28. The van der Waals surface area contributed by atoms with Crippen LogP contribution < -0.4 is 11.2 Å². The molecule has 2 heterocycles. The van der Waals surface area contributed by atoms with Gasteiger partial charge in [0.2, 0.25) is 0 Å². The fourth-order valence-electron chi connectivity index (χ4n) is 1.07. The molecule has 1 atom stereocenters. The first kappa shape index (κ1) is 7.54. The van der Waals surface area contributed by atoms with E-state index in [1.54, 1.807) is 6.26 Å². The van der Waals surface area contributed by atoms with Gasteiger partial charge in [0.1, 0.15) is 5.76 Å². The van der Waals surface area contributed by atoms with Gasteiger partial charge in [-0.1, -0.05) is 0 Å². The zero-order chi connectivity index (χ0) is 8.60. The van der Waals surface area contributed by atoms with Gasteiger partial charge < -0.3 is 10.2 Å². The van der Waals surface area contributed by atoms with Crippen LogP contribution in [0.1, 0.15) is 12.7 Å². The number of nitrogens with one attached hydrogen (secondary N) is 1. The summed E-state index contributed by atoms with van der Waals surface area (Å²) in [6.07, 6.45) is 1.64. The van der Waals surface area contributed by atoms with Gasteiger partial charge in [-0.25, -0.2) is 0 Å². The molecule has 0 saturated heterocycles. The number of furan rings is 1. The maximum Gasteiger partial charge on any atom is 0.180 e. The molecule has 0 amide bonds. The Morgan fingerprint density at radius 3 is 3.08 bits per heavy atom. The number of nitrogens with two attached hydrogens (primary N) is 1. The Morgan fingerprint density at radius 2 is 2.58 bits per heavy atom. The predicted octanol–water partition coefficient (Wildman–Crippen LogP) is 1.02. The van der Waals surface area contributed by atoms with E-state index >= 15 is 0 Å². The van der Waals surface area contributed by atoms with Gasteiger partial charge in [0.15, 0.2) is 10.0 Å². The van der Waals surface area contributed by atoms with Crippen LogP contribution in [-0.4, -0.2) is 5.17 Å². The van der Waals surface area contributed by atoms with Gasteiger partial charge in [-0.3, -0.25) is 5.43 Å². The minimum absolute atomic E-state index is 0.340. The molecule has 0 aliphatic carbocycles. The van der Waals surface area contributed by atoms with E-state index in [1.165, 1.54) is 11.8 Å². The molecule has 0 radical (unpaired) electrons. The zero-order valence-corrected chi connectivity index (χ0v) is 7.39. The molecule has 2 rings (SSSR count). The average Bonchev–Trinajstić information content (AvgIpc) is 2.59. The van der Waals surface area contributed by atoms with E-state index in [0.717, 1.165) is 5.76 Å². The third-order valence-corrected chi connectivity index (χ3v) is 2.68.